The average molecular weight is 565 g/mol. The van der Waals surface area contributed by atoms with Crippen LogP contribution in [0.1, 0.15) is 34.1 Å². The van der Waals surface area contributed by atoms with Gasteiger partial charge in [0.2, 0.25) is 23.6 Å². The number of amides is 4. The minimum absolute atomic E-state index is 0.0233. The van der Waals surface area contributed by atoms with E-state index in [9.17, 15) is 34.0 Å². The molecule has 10 atom stereocenters. The largest absolute Gasteiger partial charge is 0.477 e. The molecule has 4 heterocycles. The molecule has 8 unspecified atom stereocenters. The van der Waals surface area contributed by atoms with Gasteiger partial charge < -0.3 is 30.9 Å². The molecule has 4 rings (SSSR count). The van der Waals surface area contributed by atoms with Crippen LogP contribution in [0.4, 0.5) is 0 Å². The molecule has 0 aromatic rings. The standard InChI is InChI=1S/C25H36N6O7S/c1-9(17-15(12(4)29-38)22(33)28-17)21(32)27-11(3)16-18-10(2)20(19(25(36)37)31(18)24(16)35)39-13-7-14(26-8-13)23(34)30(5)6/h9-18,26H,7-8H2,1-6H3,(H,27,32)(H,28,33)(H,36,37)/t9?,10?,11?,12?,13-,14?,15?,16?,17?,18+/m0/s1. The first kappa shape index (κ1) is 29.0. The molecule has 4 N–H and O–H groups in total. The van der Waals surface area contributed by atoms with Crippen molar-refractivity contribution >= 4 is 41.4 Å². The quantitative estimate of drug-likeness (QED) is 0.205. The Morgan fingerprint density at radius 3 is 2.41 bits per heavy atom. The van der Waals surface area contributed by atoms with Crippen molar-refractivity contribution in [2.75, 3.05) is 20.6 Å². The third kappa shape index (κ3) is 4.92. The number of rotatable bonds is 10. The van der Waals surface area contributed by atoms with E-state index in [-0.39, 0.29) is 46.5 Å². The Bertz CT molecular complexity index is 1130. The highest BCUT2D eigenvalue weighted by molar-refractivity contribution is 8.03. The Balaban J connectivity index is 1.42. The Labute approximate surface area is 230 Å². The monoisotopic (exact) mass is 564 g/mol. The van der Waals surface area contributed by atoms with Crippen LogP contribution >= 0.6 is 11.8 Å². The first-order chi connectivity index (χ1) is 18.3. The van der Waals surface area contributed by atoms with Gasteiger partial charge >= 0.3 is 5.97 Å². The lowest BCUT2D eigenvalue weighted by Gasteiger charge is -2.48. The first-order valence-corrected chi connectivity index (χ1v) is 14.0. The number of aliphatic carboxylic acids is 1. The van der Waals surface area contributed by atoms with Crippen LogP contribution in [0.3, 0.4) is 0 Å². The zero-order valence-electron chi connectivity index (χ0n) is 22.8. The van der Waals surface area contributed by atoms with Crippen LogP contribution in [0.5, 0.6) is 0 Å². The van der Waals surface area contributed by atoms with Crippen LogP contribution < -0.4 is 16.0 Å². The summed E-state index contributed by atoms with van der Waals surface area (Å²) in [6.07, 6.45) is 0.550. The van der Waals surface area contributed by atoms with E-state index in [1.54, 1.807) is 27.9 Å². The summed E-state index contributed by atoms with van der Waals surface area (Å²) in [6, 6.07) is -2.64. The molecule has 3 saturated heterocycles. The minimum Gasteiger partial charge on any atom is -0.477 e. The Morgan fingerprint density at radius 2 is 1.85 bits per heavy atom. The average Bonchev–Trinajstić information content (AvgIpc) is 3.42. The molecule has 0 saturated carbocycles. The van der Waals surface area contributed by atoms with E-state index in [1.807, 2.05) is 6.92 Å². The lowest BCUT2D eigenvalue weighted by molar-refractivity contribution is -0.158. The molecule has 4 aliphatic heterocycles. The Kier molecular flexibility index (Phi) is 8.08. The second-order valence-electron chi connectivity index (χ2n) is 11.2. The Morgan fingerprint density at radius 1 is 1.18 bits per heavy atom. The number of nitrogens with one attached hydrogen (secondary N) is 3. The smallest absolute Gasteiger partial charge is 0.353 e. The van der Waals surface area contributed by atoms with E-state index < -0.39 is 47.9 Å². The number of thioether (sulfide) groups is 1. The summed E-state index contributed by atoms with van der Waals surface area (Å²) >= 11 is 1.40. The SMILES string of the molecule is CC(N=O)C1C(=O)NC1C(C)C(=O)NC(C)C1C(=O)N2C(C(=O)O)=C(S[C@@H]3CNC(C(=O)N(C)C)C3)C(C)[C@H]12. The summed E-state index contributed by atoms with van der Waals surface area (Å²) in [6.45, 7) is 7.32. The first-order valence-electron chi connectivity index (χ1n) is 13.1. The van der Waals surface area contributed by atoms with Crippen molar-refractivity contribution < 1.29 is 29.1 Å². The van der Waals surface area contributed by atoms with Crippen LogP contribution in [0.15, 0.2) is 15.8 Å². The molecule has 0 aromatic heterocycles. The molecule has 4 aliphatic rings. The fourth-order valence-electron chi connectivity index (χ4n) is 6.22. The van der Waals surface area contributed by atoms with Gasteiger partial charge in [-0.05, 0) is 20.3 Å². The lowest BCUT2D eigenvalue weighted by atomic mass is 9.76. The summed E-state index contributed by atoms with van der Waals surface area (Å²) in [5.41, 5.74) is -0.0246. The van der Waals surface area contributed by atoms with Crippen molar-refractivity contribution in [2.45, 2.75) is 69.6 Å². The van der Waals surface area contributed by atoms with Crippen molar-refractivity contribution in [2.24, 2.45) is 28.8 Å². The van der Waals surface area contributed by atoms with Gasteiger partial charge in [0, 0.05) is 42.8 Å². The predicted molar refractivity (Wildman–Crippen MR) is 142 cm³/mol. The van der Waals surface area contributed by atoms with Gasteiger partial charge in [-0.1, -0.05) is 19.0 Å². The van der Waals surface area contributed by atoms with Gasteiger partial charge in [0.05, 0.1) is 35.9 Å². The number of carboxylic acids is 1. The highest BCUT2D eigenvalue weighted by Crippen LogP contribution is 2.52. The lowest BCUT2D eigenvalue weighted by Crippen LogP contribution is -2.68. The van der Waals surface area contributed by atoms with E-state index in [0.717, 1.165) is 0 Å². The number of fused-ring (bicyclic) bond motifs is 1. The summed E-state index contributed by atoms with van der Waals surface area (Å²) in [7, 11) is 3.38. The molecule has 3 fully saturated rings. The molecule has 39 heavy (non-hydrogen) atoms. The van der Waals surface area contributed by atoms with Gasteiger partial charge in [-0.2, -0.15) is 4.91 Å². The number of nitrogens with zero attached hydrogens (tertiary/aromatic N) is 3. The summed E-state index contributed by atoms with van der Waals surface area (Å²) in [5.74, 6) is -4.49. The molecular formula is C25H36N6O7S. The van der Waals surface area contributed by atoms with Crippen molar-refractivity contribution in [3.8, 4) is 0 Å². The van der Waals surface area contributed by atoms with E-state index in [1.165, 1.54) is 28.5 Å². The van der Waals surface area contributed by atoms with Gasteiger partial charge in [0.25, 0.3) is 0 Å². The van der Waals surface area contributed by atoms with Crippen molar-refractivity contribution in [3.63, 3.8) is 0 Å². The fraction of sp³-hybridized carbons (Fsp3) is 0.720. The Hall–Kier alpha value is -3.00. The van der Waals surface area contributed by atoms with Crippen molar-refractivity contribution in [1.82, 2.24) is 25.8 Å². The molecule has 214 valence electrons. The zero-order valence-corrected chi connectivity index (χ0v) is 23.7. The summed E-state index contributed by atoms with van der Waals surface area (Å²) < 4.78 is 0. The second kappa shape index (κ2) is 10.9. The number of carboxylic acid groups (broad SMARTS) is 1. The van der Waals surface area contributed by atoms with Crippen LogP contribution in [-0.4, -0.2) is 101 Å². The van der Waals surface area contributed by atoms with Gasteiger partial charge in [0.15, 0.2) is 0 Å². The van der Waals surface area contributed by atoms with Crippen LogP contribution in [-0.2, 0) is 24.0 Å². The van der Waals surface area contributed by atoms with E-state index in [4.69, 9.17) is 0 Å². The summed E-state index contributed by atoms with van der Waals surface area (Å²) in [5, 5.41) is 21.7. The van der Waals surface area contributed by atoms with E-state index in [0.29, 0.717) is 17.9 Å². The molecule has 0 bridgehead atoms. The van der Waals surface area contributed by atoms with Crippen molar-refractivity contribution in [1.29, 1.82) is 0 Å². The van der Waals surface area contributed by atoms with Gasteiger partial charge in [-0.15, -0.1) is 11.8 Å². The van der Waals surface area contributed by atoms with Crippen LogP contribution in [0.25, 0.3) is 0 Å². The number of carbonyl (C=O) groups is 5. The fourth-order valence-corrected chi connectivity index (χ4v) is 7.69. The maximum atomic E-state index is 13.2. The number of carbonyl (C=O) groups excluding carboxylic acids is 4. The van der Waals surface area contributed by atoms with E-state index in [2.05, 4.69) is 21.1 Å². The maximum absolute atomic E-state index is 13.2. The maximum Gasteiger partial charge on any atom is 0.353 e. The third-order valence-electron chi connectivity index (χ3n) is 8.46. The molecule has 0 aliphatic carbocycles. The molecule has 4 amide bonds. The topological polar surface area (TPSA) is 178 Å². The highest BCUT2D eigenvalue weighted by atomic mass is 32.2. The summed E-state index contributed by atoms with van der Waals surface area (Å²) in [4.78, 5) is 77.2. The highest BCUT2D eigenvalue weighted by Gasteiger charge is 2.61. The van der Waals surface area contributed by atoms with E-state index >= 15 is 0 Å². The number of hydrogen-bond donors (Lipinski definition) is 4. The van der Waals surface area contributed by atoms with Gasteiger partial charge in [-0.3, -0.25) is 19.2 Å². The van der Waals surface area contributed by atoms with Crippen LogP contribution in [0, 0.1) is 28.6 Å². The second-order valence-corrected chi connectivity index (χ2v) is 12.5. The minimum atomic E-state index is -1.18. The molecule has 13 nitrogen and oxygen atoms in total. The van der Waals surface area contributed by atoms with Gasteiger partial charge in [-0.25, -0.2) is 4.79 Å². The zero-order chi connectivity index (χ0) is 28.9. The molecule has 0 aromatic carbocycles. The van der Waals surface area contributed by atoms with Gasteiger partial charge in [0.1, 0.15) is 11.7 Å². The molecular weight excluding hydrogens is 528 g/mol. The number of nitroso groups, excluding NO2 is 1. The number of β-lactam (4-membered cyclic amide) rings is 2. The predicted octanol–water partition coefficient (Wildman–Crippen LogP) is -0.278. The normalized spacial score (nSPS) is 33.8. The molecule has 0 spiro atoms. The number of likely N-dealkylation sites (N-methyl/N-ethyl adjacent to an activating group) is 1. The molecule has 14 heteroatoms. The molecule has 0 radical (unpaired) electrons. The third-order valence-corrected chi connectivity index (χ3v) is 9.97. The van der Waals surface area contributed by atoms with Crippen molar-refractivity contribution in [3.05, 3.63) is 15.5 Å². The number of hydrogen-bond acceptors (Lipinski definition) is 9. The van der Waals surface area contributed by atoms with Crippen LogP contribution in [0.2, 0.25) is 0 Å².